The molecule has 0 radical (unpaired) electrons. The maximum Gasteiger partial charge on any atom is 0.126 e. The highest BCUT2D eigenvalue weighted by Gasteiger charge is 1.91. The van der Waals surface area contributed by atoms with Gasteiger partial charge in [-0.15, -0.1) is 0 Å². The van der Waals surface area contributed by atoms with Gasteiger partial charge in [0.05, 0.1) is 6.26 Å². The molecule has 0 amide bonds. The van der Waals surface area contributed by atoms with E-state index in [0.717, 1.165) is 17.9 Å². The van der Waals surface area contributed by atoms with Gasteiger partial charge in [-0.2, -0.15) is 12.6 Å². The van der Waals surface area contributed by atoms with E-state index in [1.807, 2.05) is 18.2 Å². The Morgan fingerprint density at radius 1 is 1.73 bits per heavy atom. The monoisotopic (exact) mass is 168 g/mol. The molecular weight excluding hydrogens is 156 g/mol. The van der Waals surface area contributed by atoms with Crippen LogP contribution in [0.2, 0.25) is 0 Å². The lowest BCUT2D eigenvalue weighted by molar-refractivity contribution is 0.556. The average molecular weight is 168 g/mol. The molecule has 0 fully saturated rings. The standard InChI is InChI=1S/C9H12OS/c1-8(4-6-11)7-9-3-2-5-10-9/h2-3,5,7,11H,4,6H2,1H3/b8-7+. The summed E-state index contributed by atoms with van der Waals surface area (Å²) in [6.45, 7) is 2.08. The van der Waals surface area contributed by atoms with E-state index in [9.17, 15) is 0 Å². The molecule has 2 heteroatoms. The molecule has 11 heavy (non-hydrogen) atoms. The van der Waals surface area contributed by atoms with Crippen molar-refractivity contribution in [2.75, 3.05) is 5.75 Å². The van der Waals surface area contributed by atoms with Crippen LogP contribution in [0.15, 0.2) is 28.4 Å². The predicted molar refractivity (Wildman–Crippen MR) is 50.8 cm³/mol. The van der Waals surface area contributed by atoms with Crippen LogP contribution in [0.3, 0.4) is 0 Å². The lowest BCUT2D eigenvalue weighted by atomic mass is 10.2. The molecule has 0 unspecified atom stereocenters. The third-order valence-corrected chi connectivity index (χ3v) is 1.66. The summed E-state index contributed by atoms with van der Waals surface area (Å²) in [7, 11) is 0. The van der Waals surface area contributed by atoms with Crippen LogP contribution in [0.5, 0.6) is 0 Å². The van der Waals surface area contributed by atoms with Gasteiger partial charge >= 0.3 is 0 Å². The highest BCUT2D eigenvalue weighted by atomic mass is 32.1. The van der Waals surface area contributed by atoms with Crippen LogP contribution in [-0.4, -0.2) is 5.75 Å². The molecule has 1 aromatic heterocycles. The van der Waals surface area contributed by atoms with Gasteiger partial charge in [-0.1, -0.05) is 5.57 Å². The van der Waals surface area contributed by atoms with Crippen LogP contribution in [0.1, 0.15) is 19.1 Å². The van der Waals surface area contributed by atoms with Gasteiger partial charge in [-0.3, -0.25) is 0 Å². The van der Waals surface area contributed by atoms with Gasteiger partial charge in [0.15, 0.2) is 0 Å². The SMILES string of the molecule is C/C(=C\c1ccco1)CCS. The van der Waals surface area contributed by atoms with Gasteiger partial charge in [0.25, 0.3) is 0 Å². The van der Waals surface area contributed by atoms with Crippen LogP contribution in [0, 0.1) is 0 Å². The third-order valence-electron chi connectivity index (χ3n) is 1.44. The topological polar surface area (TPSA) is 13.1 Å². The van der Waals surface area contributed by atoms with E-state index in [0.29, 0.717) is 0 Å². The molecular formula is C9H12OS. The maximum atomic E-state index is 5.15. The van der Waals surface area contributed by atoms with E-state index >= 15 is 0 Å². The van der Waals surface area contributed by atoms with Gasteiger partial charge in [-0.05, 0) is 37.3 Å². The summed E-state index contributed by atoms with van der Waals surface area (Å²) in [5, 5.41) is 0. The molecule has 0 saturated heterocycles. The van der Waals surface area contributed by atoms with E-state index in [-0.39, 0.29) is 0 Å². The predicted octanol–water partition coefficient (Wildman–Crippen LogP) is 3.00. The Morgan fingerprint density at radius 2 is 2.55 bits per heavy atom. The maximum absolute atomic E-state index is 5.15. The summed E-state index contributed by atoms with van der Waals surface area (Å²) in [6, 6.07) is 3.84. The minimum absolute atomic E-state index is 0.892. The van der Waals surface area contributed by atoms with Crippen molar-refractivity contribution in [2.45, 2.75) is 13.3 Å². The van der Waals surface area contributed by atoms with Gasteiger partial charge < -0.3 is 4.42 Å². The minimum atomic E-state index is 0.892. The number of thiol groups is 1. The van der Waals surface area contributed by atoms with Crippen molar-refractivity contribution in [3.63, 3.8) is 0 Å². The van der Waals surface area contributed by atoms with Crippen LogP contribution >= 0.6 is 12.6 Å². The first kappa shape index (κ1) is 8.47. The zero-order valence-electron chi connectivity index (χ0n) is 6.58. The summed E-state index contributed by atoms with van der Waals surface area (Å²) in [6.07, 6.45) is 4.74. The van der Waals surface area contributed by atoms with Gasteiger partial charge in [0.2, 0.25) is 0 Å². The Morgan fingerprint density at radius 3 is 3.09 bits per heavy atom. The molecule has 1 nitrogen and oxygen atoms in total. The van der Waals surface area contributed by atoms with Crippen LogP contribution < -0.4 is 0 Å². The smallest absolute Gasteiger partial charge is 0.126 e. The largest absolute Gasteiger partial charge is 0.465 e. The van der Waals surface area contributed by atoms with Crippen LogP contribution in [-0.2, 0) is 0 Å². The molecule has 0 aromatic carbocycles. The molecule has 1 rings (SSSR count). The first-order chi connectivity index (χ1) is 5.33. The van der Waals surface area contributed by atoms with E-state index in [4.69, 9.17) is 4.42 Å². The molecule has 0 saturated carbocycles. The summed E-state index contributed by atoms with van der Waals surface area (Å²) in [4.78, 5) is 0. The zero-order valence-corrected chi connectivity index (χ0v) is 7.47. The van der Waals surface area contributed by atoms with Crippen molar-refractivity contribution >= 4 is 18.7 Å². The molecule has 0 aliphatic rings. The van der Waals surface area contributed by atoms with Crippen molar-refractivity contribution in [3.05, 3.63) is 29.7 Å². The fraction of sp³-hybridized carbons (Fsp3) is 0.333. The number of hydrogen-bond donors (Lipinski definition) is 1. The Kier molecular flexibility index (Phi) is 3.30. The first-order valence-electron chi connectivity index (χ1n) is 3.64. The van der Waals surface area contributed by atoms with E-state index in [1.54, 1.807) is 6.26 Å². The minimum Gasteiger partial charge on any atom is -0.465 e. The normalized spacial score (nSPS) is 12.0. The van der Waals surface area contributed by atoms with E-state index in [2.05, 4.69) is 19.6 Å². The summed E-state index contributed by atoms with van der Waals surface area (Å²) < 4.78 is 5.15. The molecule has 0 aliphatic carbocycles. The second-order valence-electron chi connectivity index (χ2n) is 2.48. The van der Waals surface area contributed by atoms with Crippen molar-refractivity contribution in [1.82, 2.24) is 0 Å². The number of furan rings is 1. The Bertz CT molecular complexity index is 224. The fourth-order valence-corrected chi connectivity index (χ4v) is 1.22. The van der Waals surface area contributed by atoms with Crippen LogP contribution in [0.25, 0.3) is 6.08 Å². The quantitative estimate of drug-likeness (QED) is 0.685. The second kappa shape index (κ2) is 4.29. The number of allylic oxidation sites excluding steroid dienone is 1. The molecule has 0 bridgehead atoms. The molecule has 0 atom stereocenters. The fourth-order valence-electron chi connectivity index (χ4n) is 0.865. The van der Waals surface area contributed by atoms with Crippen molar-refractivity contribution in [2.24, 2.45) is 0 Å². The average Bonchev–Trinajstić information content (AvgIpc) is 2.40. The molecule has 0 spiro atoms. The highest BCUT2D eigenvalue weighted by molar-refractivity contribution is 7.80. The summed E-state index contributed by atoms with van der Waals surface area (Å²) >= 11 is 4.14. The van der Waals surface area contributed by atoms with Crippen molar-refractivity contribution < 1.29 is 4.42 Å². The highest BCUT2D eigenvalue weighted by Crippen LogP contribution is 2.09. The van der Waals surface area contributed by atoms with Crippen LogP contribution in [0.4, 0.5) is 0 Å². The zero-order chi connectivity index (χ0) is 8.10. The van der Waals surface area contributed by atoms with Gasteiger partial charge in [0.1, 0.15) is 5.76 Å². The Hall–Kier alpha value is -0.630. The Labute approximate surface area is 72.5 Å². The lowest BCUT2D eigenvalue weighted by Gasteiger charge is -1.93. The summed E-state index contributed by atoms with van der Waals surface area (Å²) in [5.41, 5.74) is 1.30. The second-order valence-corrected chi connectivity index (χ2v) is 2.93. The van der Waals surface area contributed by atoms with Gasteiger partial charge in [-0.25, -0.2) is 0 Å². The molecule has 1 heterocycles. The number of rotatable bonds is 3. The molecule has 1 aromatic rings. The first-order valence-corrected chi connectivity index (χ1v) is 4.27. The molecule has 0 aliphatic heterocycles. The lowest BCUT2D eigenvalue weighted by Crippen LogP contribution is -1.77. The molecule has 0 N–H and O–H groups in total. The van der Waals surface area contributed by atoms with Crippen molar-refractivity contribution in [3.8, 4) is 0 Å². The third kappa shape index (κ3) is 2.85. The van der Waals surface area contributed by atoms with E-state index < -0.39 is 0 Å². The molecule has 60 valence electrons. The number of hydrogen-bond acceptors (Lipinski definition) is 2. The Balaban J connectivity index is 2.58. The van der Waals surface area contributed by atoms with Gasteiger partial charge in [0, 0.05) is 0 Å². The summed E-state index contributed by atoms with van der Waals surface area (Å²) in [5.74, 6) is 1.81. The van der Waals surface area contributed by atoms with E-state index in [1.165, 1.54) is 5.57 Å². The van der Waals surface area contributed by atoms with Crippen molar-refractivity contribution in [1.29, 1.82) is 0 Å².